The van der Waals surface area contributed by atoms with Crippen molar-refractivity contribution in [2.45, 2.75) is 19.4 Å². The Morgan fingerprint density at radius 2 is 1.80 bits per heavy atom. The molecule has 0 spiro atoms. The Bertz CT molecular complexity index is 368. The van der Waals surface area contributed by atoms with E-state index in [0.717, 1.165) is 44.0 Å². The van der Waals surface area contributed by atoms with E-state index in [9.17, 15) is 0 Å². The van der Waals surface area contributed by atoms with Gasteiger partial charge in [0.05, 0.1) is 6.61 Å². The quantitative estimate of drug-likeness (QED) is 0.663. The van der Waals surface area contributed by atoms with Crippen LogP contribution in [0.2, 0.25) is 0 Å². The number of hydrogen-bond acceptors (Lipinski definition) is 4. The Hall–Kier alpha value is -1.10. The number of nitrogens with two attached hydrogens (primary N) is 1. The Kier molecular flexibility index (Phi) is 8.26. The second-order valence-corrected chi connectivity index (χ2v) is 5.51. The maximum Gasteiger partial charge on any atom is 0.119 e. The zero-order chi connectivity index (χ0) is 14.8. The number of benzene rings is 1. The van der Waals surface area contributed by atoms with Gasteiger partial charge >= 0.3 is 0 Å². The Labute approximate surface area is 123 Å². The molecule has 0 heterocycles. The molecule has 0 fully saturated rings. The van der Waals surface area contributed by atoms with Crippen molar-refractivity contribution in [1.29, 1.82) is 0 Å². The molecule has 4 nitrogen and oxygen atoms in total. The van der Waals surface area contributed by atoms with Gasteiger partial charge in [0, 0.05) is 13.1 Å². The maximum absolute atomic E-state index is 5.75. The molecule has 1 aromatic carbocycles. The van der Waals surface area contributed by atoms with E-state index >= 15 is 0 Å². The van der Waals surface area contributed by atoms with Crippen molar-refractivity contribution in [3.8, 4) is 5.75 Å². The predicted molar refractivity (Wildman–Crippen MR) is 85.1 cm³/mol. The standard InChI is InChI=1S/C16H29N3O/c1-18(2)9-5-10-19(3)11-6-12-20-16-8-4-7-15(13-16)14-17/h4,7-8,13H,5-6,9-12,14,17H2,1-3H3. The molecule has 2 N–H and O–H groups in total. The molecule has 0 amide bonds. The third-order valence-corrected chi connectivity index (χ3v) is 3.23. The average molecular weight is 279 g/mol. The lowest BCUT2D eigenvalue weighted by molar-refractivity contribution is 0.253. The largest absolute Gasteiger partial charge is 0.494 e. The highest BCUT2D eigenvalue weighted by molar-refractivity contribution is 5.28. The van der Waals surface area contributed by atoms with E-state index in [1.54, 1.807) is 0 Å². The van der Waals surface area contributed by atoms with Crippen molar-refractivity contribution in [3.05, 3.63) is 29.8 Å². The van der Waals surface area contributed by atoms with Gasteiger partial charge in [-0.05, 0) is 64.8 Å². The molecule has 1 aromatic rings. The van der Waals surface area contributed by atoms with Crippen molar-refractivity contribution in [3.63, 3.8) is 0 Å². The molecule has 114 valence electrons. The summed E-state index contributed by atoms with van der Waals surface area (Å²) in [5, 5.41) is 0. The number of rotatable bonds is 10. The second-order valence-electron chi connectivity index (χ2n) is 5.51. The topological polar surface area (TPSA) is 41.7 Å². The summed E-state index contributed by atoms with van der Waals surface area (Å²) in [5.41, 5.74) is 6.73. The summed E-state index contributed by atoms with van der Waals surface area (Å²) in [7, 11) is 6.40. The van der Waals surface area contributed by atoms with Gasteiger partial charge in [-0.25, -0.2) is 0 Å². The van der Waals surface area contributed by atoms with Crippen LogP contribution < -0.4 is 10.5 Å². The smallest absolute Gasteiger partial charge is 0.119 e. The van der Waals surface area contributed by atoms with E-state index in [2.05, 4.69) is 30.9 Å². The summed E-state index contributed by atoms with van der Waals surface area (Å²) in [6.07, 6.45) is 2.26. The first-order valence-electron chi connectivity index (χ1n) is 7.37. The van der Waals surface area contributed by atoms with Gasteiger partial charge in [0.15, 0.2) is 0 Å². The summed E-state index contributed by atoms with van der Waals surface area (Å²) in [5.74, 6) is 0.920. The van der Waals surface area contributed by atoms with E-state index in [4.69, 9.17) is 10.5 Å². The normalized spacial score (nSPS) is 11.3. The molecule has 0 saturated carbocycles. The lowest BCUT2D eigenvalue weighted by atomic mass is 10.2. The Morgan fingerprint density at radius 3 is 2.50 bits per heavy atom. The van der Waals surface area contributed by atoms with E-state index < -0.39 is 0 Å². The Morgan fingerprint density at radius 1 is 1.05 bits per heavy atom. The Balaban J connectivity index is 2.11. The average Bonchev–Trinajstić information content (AvgIpc) is 2.43. The molecule has 1 rings (SSSR count). The predicted octanol–water partition coefficient (Wildman–Crippen LogP) is 1.80. The zero-order valence-electron chi connectivity index (χ0n) is 13.1. The van der Waals surface area contributed by atoms with Crippen LogP contribution in [0.15, 0.2) is 24.3 Å². The molecule has 0 saturated heterocycles. The van der Waals surface area contributed by atoms with E-state index in [1.807, 2.05) is 24.3 Å². The molecule has 0 aliphatic carbocycles. The van der Waals surface area contributed by atoms with Gasteiger partial charge in [-0.3, -0.25) is 0 Å². The fourth-order valence-corrected chi connectivity index (χ4v) is 2.06. The van der Waals surface area contributed by atoms with E-state index in [0.29, 0.717) is 6.54 Å². The monoisotopic (exact) mass is 279 g/mol. The van der Waals surface area contributed by atoms with Crippen LogP contribution in [-0.2, 0) is 6.54 Å². The van der Waals surface area contributed by atoms with Crippen LogP contribution in [0, 0.1) is 0 Å². The second kappa shape index (κ2) is 9.75. The van der Waals surface area contributed by atoms with Gasteiger partial charge in [-0.15, -0.1) is 0 Å². The van der Waals surface area contributed by atoms with Crippen molar-refractivity contribution in [1.82, 2.24) is 9.80 Å². The van der Waals surface area contributed by atoms with Crippen LogP contribution in [0.3, 0.4) is 0 Å². The van der Waals surface area contributed by atoms with Crippen LogP contribution >= 0.6 is 0 Å². The molecule has 0 unspecified atom stereocenters. The molecule has 0 aliphatic heterocycles. The summed E-state index contributed by atoms with van der Waals surface area (Å²) in [4.78, 5) is 4.59. The van der Waals surface area contributed by atoms with Crippen molar-refractivity contribution >= 4 is 0 Å². The highest BCUT2D eigenvalue weighted by atomic mass is 16.5. The molecule has 0 atom stereocenters. The first kappa shape index (κ1) is 17.0. The van der Waals surface area contributed by atoms with Gasteiger partial charge in [-0.1, -0.05) is 12.1 Å². The number of nitrogens with zero attached hydrogens (tertiary/aromatic N) is 2. The first-order valence-corrected chi connectivity index (χ1v) is 7.37. The number of hydrogen-bond donors (Lipinski definition) is 1. The third kappa shape index (κ3) is 7.48. The van der Waals surface area contributed by atoms with Crippen LogP contribution in [-0.4, -0.2) is 57.2 Å². The van der Waals surface area contributed by atoms with Crippen LogP contribution in [0.5, 0.6) is 5.75 Å². The van der Waals surface area contributed by atoms with E-state index in [-0.39, 0.29) is 0 Å². The van der Waals surface area contributed by atoms with Crippen LogP contribution in [0.1, 0.15) is 18.4 Å². The molecular weight excluding hydrogens is 250 g/mol. The molecule has 0 radical (unpaired) electrons. The van der Waals surface area contributed by atoms with Crippen LogP contribution in [0.25, 0.3) is 0 Å². The van der Waals surface area contributed by atoms with Crippen molar-refractivity contribution in [2.24, 2.45) is 5.73 Å². The van der Waals surface area contributed by atoms with E-state index in [1.165, 1.54) is 6.42 Å². The molecule has 4 heteroatoms. The fraction of sp³-hybridized carbons (Fsp3) is 0.625. The highest BCUT2D eigenvalue weighted by Gasteiger charge is 2.00. The first-order chi connectivity index (χ1) is 9.61. The van der Waals surface area contributed by atoms with Gasteiger partial charge in [-0.2, -0.15) is 0 Å². The minimum absolute atomic E-state index is 0.561. The van der Waals surface area contributed by atoms with Crippen LogP contribution in [0.4, 0.5) is 0 Å². The van der Waals surface area contributed by atoms with Gasteiger partial charge in [0.1, 0.15) is 5.75 Å². The lowest BCUT2D eigenvalue weighted by Crippen LogP contribution is -2.25. The van der Waals surface area contributed by atoms with Gasteiger partial charge < -0.3 is 20.3 Å². The molecule has 20 heavy (non-hydrogen) atoms. The van der Waals surface area contributed by atoms with Gasteiger partial charge in [0.25, 0.3) is 0 Å². The highest BCUT2D eigenvalue weighted by Crippen LogP contribution is 2.13. The summed E-state index contributed by atoms with van der Waals surface area (Å²) in [6.45, 7) is 4.68. The third-order valence-electron chi connectivity index (χ3n) is 3.23. The van der Waals surface area contributed by atoms with Gasteiger partial charge in [0.2, 0.25) is 0 Å². The summed E-state index contributed by atoms with van der Waals surface area (Å²) < 4.78 is 5.75. The molecule has 0 aromatic heterocycles. The van der Waals surface area contributed by atoms with Crippen molar-refractivity contribution < 1.29 is 4.74 Å². The van der Waals surface area contributed by atoms with Crippen molar-refractivity contribution in [2.75, 3.05) is 47.4 Å². The number of ether oxygens (including phenoxy) is 1. The molecule has 0 aliphatic rings. The maximum atomic E-state index is 5.75. The molecular formula is C16H29N3O. The SMILES string of the molecule is CN(C)CCCN(C)CCCOc1cccc(CN)c1. The molecule has 0 bridgehead atoms. The fourth-order valence-electron chi connectivity index (χ4n) is 2.06. The minimum atomic E-state index is 0.561. The summed E-state index contributed by atoms with van der Waals surface area (Å²) in [6, 6.07) is 8.01. The zero-order valence-corrected chi connectivity index (χ0v) is 13.1. The lowest BCUT2D eigenvalue weighted by Gasteiger charge is -2.18. The minimum Gasteiger partial charge on any atom is -0.494 e. The summed E-state index contributed by atoms with van der Waals surface area (Å²) >= 11 is 0.